The smallest absolute Gasteiger partial charge is 0.326 e. The lowest BCUT2D eigenvalue weighted by Gasteiger charge is -2.16. The molecule has 1 unspecified atom stereocenters. The number of benzene rings is 2. The minimum atomic E-state index is -1.05. The summed E-state index contributed by atoms with van der Waals surface area (Å²) >= 11 is 6.63. The molecule has 1 atom stereocenters. The van der Waals surface area contributed by atoms with Gasteiger partial charge in [-0.25, -0.2) is 4.79 Å². The number of rotatable bonds is 7. The van der Waals surface area contributed by atoms with Gasteiger partial charge in [-0.05, 0) is 103 Å². The fraction of sp³-hybridized carbons (Fsp3) is 0.222. The molecule has 0 aliphatic heterocycles. The summed E-state index contributed by atoms with van der Waals surface area (Å²) in [5, 5.41) is 11.7. The Morgan fingerprint density at radius 2 is 1.77 bits per heavy atom. The quantitative estimate of drug-likeness (QED) is 0.428. The summed E-state index contributed by atoms with van der Waals surface area (Å²) in [6.45, 7) is 1.77. The molecule has 5 nitrogen and oxygen atoms in total. The van der Waals surface area contributed by atoms with Gasteiger partial charge >= 0.3 is 5.97 Å². The highest BCUT2D eigenvalue weighted by Crippen LogP contribution is 2.30. The molecule has 1 amide bonds. The van der Waals surface area contributed by atoms with E-state index in [1.807, 2.05) is 30.3 Å². The lowest BCUT2D eigenvalue weighted by Crippen LogP contribution is -2.41. The van der Waals surface area contributed by atoms with Gasteiger partial charge in [-0.3, -0.25) is 4.79 Å². The predicted octanol–water partition coefficient (Wildman–Crippen LogP) is 4.21. The number of carbonyl (C=O) groups excluding carboxylic acids is 1. The molecule has 0 aliphatic rings. The third-order valence-corrected chi connectivity index (χ3v) is 5.72. The molecule has 0 spiro atoms. The molecule has 26 heavy (non-hydrogen) atoms. The van der Waals surface area contributed by atoms with Crippen LogP contribution < -0.4 is 10.1 Å². The maximum atomic E-state index is 11.3. The van der Waals surface area contributed by atoms with Crippen molar-refractivity contribution in [1.82, 2.24) is 5.32 Å². The highest BCUT2D eigenvalue weighted by molar-refractivity contribution is 14.1. The Labute approximate surface area is 192 Å². The van der Waals surface area contributed by atoms with E-state index >= 15 is 0 Å². The standard InChI is InChI=1S/C18H16I3NO4/c1-10(23)22-16(18(24)25)8-12-6-14(20)17(15(21)7-12)26-9-11-3-2-4-13(19)5-11/h2-7,16H,8-9H2,1H3,(H,22,23)(H,24,25). The number of aliphatic carboxylic acids is 1. The first-order chi connectivity index (χ1) is 12.3. The van der Waals surface area contributed by atoms with E-state index in [2.05, 4.69) is 79.2 Å². The molecule has 0 aliphatic carbocycles. The number of hydrogen-bond donors (Lipinski definition) is 2. The molecule has 138 valence electrons. The number of ether oxygens (including phenoxy) is 1. The molecule has 2 N–H and O–H groups in total. The summed E-state index contributed by atoms with van der Waals surface area (Å²) < 4.78 is 8.94. The second-order valence-corrected chi connectivity index (χ2v) is 9.17. The van der Waals surface area contributed by atoms with E-state index in [1.54, 1.807) is 0 Å². The fourth-order valence-corrected chi connectivity index (χ4v) is 5.15. The molecule has 0 heterocycles. The van der Waals surface area contributed by atoms with Crippen LogP contribution in [0.2, 0.25) is 0 Å². The first kappa shape index (κ1) is 21.7. The minimum Gasteiger partial charge on any atom is -0.487 e. The Hall–Kier alpha value is -0.630. The fourth-order valence-electron chi connectivity index (χ4n) is 2.33. The molecule has 0 aromatic heterocycles. The number of carbonyl (C=O) groups is 2. The Bertz CT molecular complexity index is 803. The second kappa shape index (κ2) is 10.1. The van der Waals surface area contributed by atoms with Gasteiger partial charge in [-0.2, -0.15) is 0 Å². The first-order valence-electron chi connectivity index (χ1n) is 7.61. The van der Waals surface area contributed by atoms with Crippen LogP contribution in [0, 0.1) is 10.7 Å². The number of carboxylic acid groups (broad SMARTS) is 1. The van der Waals surface area contributed by atoms with Crippen molar-refractivity contribution in [1.29, 1.82) is 0 Å². The third-order valence-electron chi connectivity index (χ3n) is 3.45. The van der Waals surface area contributed by atoms with Crippen LogP contribution in [-0.2, 0) is 22.6 Å². The van der Waals surface area contributed by atoms with Crippen molar-refractivity contribution in [3.05, 3.63) is 58.2 Å². The highest BCUT2D eigenvalue weighted by atomic mass is 127. The SMILES string of the molecule is CC(=O)NC(Cc1cc(I)c(OCc2cccc(I)c2)c(I)c1)C(=O)O. The van der Waals surface area contributed by atoms with Crippen LogP contribution in [0.4, 0.5) is 0 Å². The topological polar surface area (TPSA) is 75.6 Å². The van der Waals surface area contributed by atoms with Crippen molar-refractivity contribution in [3.63, 3.8) is 0 Å². The molecule has 0 bridgehead atoms. The average Bonchev–Trinajstić information content (AvgIpc) is 2.53. The lowest BCUT2D eigenvalue weighted by atomic mass is 10.1. The summed E-state index contributed by atoms with van der Waals surface area (Å²) in [7, 11) is 0. The molecule has 2 aromatic carbocycles. The van der Waals surface area contributed by atoms with Gasteiger partial charge in [0.15, 0.2) is 0 Å². The van der Waals surface area contributed by atoms with E-state index in [4.69, 9.17) is 4.74 Å². The van der Waals surface area contributed by atoms with E-state index in [0.717, 1.165) is 27.6 Å². The summed E-state index contributed by atoms with van der Waals surface area (Å²) in [6, 6.07) is 10.9. The van der Waals surface area contributed by atoms with E-state index in [9.17, 15) is 14.7 Å². The molecule has 0 saturated heterocycles. The molecular weight excluding hydrogens is 675 g/mol. The number of hydrogen-bond acceptors (Lipinski definition) is 3. The number of amides is 1. The summed E-state index contributed by atoms with van der Waals surface area (Å²) in [5.41, 5.74) is 1.92. The number of carboxylic acids is 1. The Morgan fingerprint density at radius 3 is 2.31 bits per heavy atom. The summed E-state index contributed by atoms with van der Waals surface area (Å²) in [5.74, 6) is -0.635. The Kier molecular flexibility index (Phi) is 8.39. The van der Waals surface area contributed by atoms with E-state index in [1.165, 1.54) is 6.92 Å². The largest absolute Gasteiger partial charge is 0.487 e. The van der Waals surface area contributed by atoms with Crippen LogP contribution in [0.15, 0.2) is 36.4 Å². The lowest BCUT2D eigenvalue weighted by molar-refractivity contribution is -0.141. The van der Waals surface area contributed by atoms with Gasteiger partial charge in [-0.15, -0.1) is 0 Å². The predicted molar refractivity (Wildman–Crippen MR) is 124 cm³/mol. The Morgan fingerprint density at radius 1 is 1.12 bits per heavy atom. The molecule has 8 heteroatoms. The monoisotopic (exact) mass is 691 g/mol. The maximum Gasteiger partial charge on any atom is 0.326 e. The zero-order chi connectivity index (χ0) is 19.3. The van der Waals surface area contributed by atoms with Crippen LogP contribution in [-0.4, -0.2) is 23.0 Å². The van der Waals surface area contributed by atoms with Gasteiger partial charge in [0.1, 0.15) is 18.4 Å². The zero-order valence-electron chi connectivity index (χ0n) is 13.8. The highest BCUT2D eigenvalue weighted by Gasteiger charge is 2.20. The third kappa shape index (κ3) is 6.51. The van der Waals surface area contributed by atoms with Crippen molar-refractivity contribution in [2.45, 2.75) is 26.0 Å². The van der Waals surface area contributed by atoms with Gasteiger partial charge in [0.2, 0.25) is 5.91 Å². The van der Waals surface area contributed by atoms with Crippen LogP contribution in [0.1, 0.15) is 18.1 Å². The Balaban J connectivity index is 2.14. The second-order valence-electron chi connectivity index (χ2n) is 5.60. The van der Waals surface area contributed by atoms with Crippen molar-refractivity contribution < 1.29 is 19.4 Å². The van der Waals surface area contributed by atoms with Crippen LogP contribution in [0.25, 0.3) is 0 Å². The van der Waals surface area contributed by atoms with Gasteiger partial charge in [0, 0.05) is 16.9 Å². The molecule has 0 fully saturated rings. The molecule has 0 radical (unpaired) electrons. The van der Waals surface area contributed by atoms with Crippen LogP contribution in [0.3, 0.4) is 0 Å². The zero-order valence-corrected chi connectivity index (χ0v) is 20.2. The van der Waals surface area contributed by atoms with Gasteiger partial charge < -0.3 is 15.2 Å². The maximum absolute atomic E-state index is 11.3. The van der Waals surface area contributed by atoms with Crippen molar-refractivity contribution in [2.75, 3.05) is 0 Å². The average molecular weight is 691 g/mol. The minimum absolute atomic E-state index is 0.220. The van der Waals surface area contributed by atoms with Gasteiger partial charge in [0.05, 0.1) is 7.14 Å². The van der Waals surface area contributed by atoms with Crippen molar-refractivity contribution in [3.8, 4) is 5.75 Å². The van der Waals surface area contributed by atoms with Gasteiger partial charge in [0.25, 0.3) is 0 Å². The van der Waals surface area contributed by atoms with Crippen molar-refractivity contribution >= 4 is 79.6 Å². The molecule has 0 saturated carbocycles. The molecule has 2 aromatic rings. The van der Waals surface area contributed by atoms with E-state index in [-0.39, 0.29) is 12.3 Å². The molecule has 2 rings (SSSR count). The van der Waals surface area contributed by atoms with Crippen LogP contribution in [0.5, 0.6) is 5.75 Å². The van der Waals surface area contributed by atoms with Gasteiger partial charge in [-0.1, -0.05) is 12.1 Å². The summed E-state index contributed by atoms with van der Waals surface area (Å²) in [6.07, 6.45) is 0.220. The normalized spacial score (nSPS) is 11.7. The summed E-state index contributed by atoms with van der Waals surface area (Å²) in [4.78, 5) is 22.5. The molecular formula is C18H16I3NO4. The number of halogens is 3. The number of nitrogens with one attached hydrogen (secondary N) is 1. The van der Waals surface area contributed by atoms with E-state index in [0.29, 0.717) is 6.61 Å². The van der Waals surface area contributed by atoms with Crippen molar-refractivity contribution in [2.24, 2.45) is 0 Å². The van der Waals surface area contributed by atoms with E-state index < -0.39 is 12.0 Å². The first-order valence-corrected chi connectivity index (χ1v) is 10.8. The van der Waals surface area contributed by atoms with Crippen LogP contribution >= 0.6 is 67.8 Å².